The zero-order valence-corrected chi connectivity index (χ0v) is 15.0. The van der Waals surface area contributed by atoms with Gasteiger partial charge in [-0.25, -0.2) is 0 Å². The zero-order chi connectivity index (χ0) is 18.4. The van der Waals surface area contributed by atoms with E-state index in [1.807, 2.05) is 0 Å². The predicted octanol–water partition coefficient (Wildman–Crippen LogP) is 4.28. The SMILES string of the molecule is O=S(=O)(/N=C(\CCCCl)NOCc1ccc(Cl)cc1Cl)C(F)(F)F. The van der Waals surface area contributed by atoms with Gasteiger partial charge in [0.15, 0.2) is 0 Å². The Kier molecular flexibility index (Phi) is 8.07. The molecule has 1 N–H and O–H groups in total. The highest BCUT2D eigenvalue weighted by molar-refractivity contribution is 7.91. The van der Waals surface area contributed by atoms with Crippen molar-refractivity contribution in [3.05, 3.63) is 33.8 Å². The third kappa shape index (κ3) is 6.64. The fourth-order valence-electron chi connectivity index (χ4n) is 1.38. The second kappa shape index (κ2) is 9.10. The van der Waals surface area contributed by atoms with Crippen molar-refractivity contribution in [3.8, 4) is 0 Å². The molecule has 0 radical (unpaired) electrons. The molecule has 136 valence electrons. The van der Waals surface area contributed by atoms with Gasteiger partial charge in [-0.05, 0) is 24.1 Å². The lowest BCUT2D eigenvalue weighted by atomic mass is 10.2. The third-order valence-electron chi connectivity index (χ3n) is 2.50. The van der Waals surface area contributed by atoms with Crippen LogP contribution in [0.3, 0.4) is 0 Å². The van der Waals surface area contributed by atoms with E-state index in [9.17, 15) is 21.6 Å². The van der Waals surface area contributed by atoms with Crippen molar-refractivity contribution in [2.24, 2.45) is 4.40 Å². The number of hydroxylamine groups is 1. The number of nitrogens with one attached hydrogen (secondary N) is 1. The molecular formula is C12H12Cl3F3N2O3S. The predicted molar refractivity (Wildman–Crippen MR) is 86.8 cm³/mol. The van der Waals surface area contributed by atoms with Gasteiger partial charge in [0.2, 0.25) is 0 Å². The summed E-state index contributed by atoms with van der Waals surface area (Å²) < 4.78 is 62.0. The van der Waals surface area contributed by atoms with Gasteiger partial charge in [-0.3, -0.25) is 10.3 Å². The van der Waals surface area contributed by atoms with Crippen molar-refractivity contribution in [3.63, 3.8) is 0 Å². The van der Waals surface area contributed by atoms with E-state index in [4.69, 9.17) is 39.6 Å². The molecule has 0 saturated carbocycles. The molecule has 0 bridgehead atoms. The summed E-state index contributed by atoms with van der Waals surface area (Å²) in [7, 11) is -5.68. The molecule has 0 aromatic heterocycles. The van der Waals surface area contributed by atoms with E-state index in [0.717, 1.165) is 0 Å². The van der Waals surface area contributed by atoms with E-state index in [1.165, 1.54) is 6.07 Å². The quantitative estimate of drug-likeness (QED) is 0.305. The van der Waals surface area contributed by atoms with Crippen LogP contribution in [0.2, 0.25) is 10.0 Å². The van der Waals surface area contributed by atoms with Crippen molar-refractivity contribution >= 4 is 50.7 Å². The average Bonchev–Trinajstić information content (AvgIpc) is 2.45. The molecule has 1 aromatic carbocycles. The average molecular weight is 428 g/mol. The maximum absolute atomic E-state index is 12.4. The molecule has 0 spiro atoms. The lowest BCUT2D eigenvalue weighted by Gasteiger charge is -2.11. The molecule has 0 fully saturated rings. The van der Waals surface area contributed by atoms with Crippen LogP contribution < -0.4 is 5.48 Å². The van der Waals surface area contributed by atoms with Crippen molar-refractivity contribution in [1.82, 2.24) is 5.48 Å². The molecule has 0 heterocycles. The maximum Gasteiger partial charge on any atom is 0.518 e. The number of hydrogen-bond donors (Lipinski definition) is 1. The third-order valence-corrected chi connectivity index (χ3v) is 4.40. The molecule has 0 atom stereocenters. The topological polar surface area (TPSA) is 67.8 Å². The van der Waals surface area contributed by atoms with Crippen LogP contribution in [0, 0.1) is 0 Å². The molecule has 1 aromatic rings. The van der Waals surface area contributed by atoms with Crippen LogP contribution in [0.5, 0.6) is 0 Å². The standard InChI is InChI=1S/C12H12Cl3F3N2O3S/c13-5-1-2-11(20-24(21,22)12(16,17)18)19-23-7-8-3-4-9(14)6-10(8)15/h3-4,6H,1-2,5,7H2,(H,19,20). The number of rotatable bonds is 7. The molecule has 0 aliphatic heterocycles. The van der Waals surface area contributed by atoms with Crippen LogP contribution in [0.25, 0.3) is 0 Å². The summed E-state index contributed by atoms with van der Waals surface area (Å²) in [5, 5.41) is 0.684. The molecule has 0 unspecified atom stereocenters. The van der Waals surface area contributed by atoms with E-state index in [0.29, 0.717) is 10.6 Å². The molecule has 0 aliphatic rings. The Morgan fingerprint density at radius 1 is 1.29 bits per heavy atom. The molecule has 0 aliphatic carbocycles. The van der Waals surface area contributed by atoms with Crippen LogP contribution >= 0.6 is 34.8 Å². The van der Waals surface area contributed by atoms with Crippen LogP contribution in [-0.4, -0.2) is 25.6 Å². The van der Waals surface area contributed by atoms with Crippen LogP contribution in [0.15, 0.2) is 22.6 Å². The largest absolute Gasteiger partial charge is 0.518 e. The van der Waals surface area contributed by atoms with Crippen LogP contribution in [0.1, 0.15) is 18.4 Å². The zero-order valence-electron chi connectivity index (χ0n) is 11.9. The number of hydrogen-bond acceptors (Lipinski definition) is 3. The van der Waals surface area contributed by atoms with Gasteiger partial charge in [-0.2, -0.15) is 21.6 Å². The molecule has 1 rings (SSSR count). The van der Waals surface area contributed by atoms with E-state index in [1.54, 1.807) is 12.1 Å². The van der Waals surface area contributed by atoms with Crippen LogP contribution in [-0.2, 0) is 21.5 Å². The number of nitrogens with zero attached hydrogens (tertiary/aromatic N) is 1. The highest BCUT2D eigenvalue weighted by Gasteiger charge is 2.46. The van der Waals surface area contributed by atoms with E-state index in [2.05, 4.69) is 9.88 Å². The minimum Gasteiger partial charge on any atom is -0.270 e. The summed E-state index contributed by atoms with van der Waals surface area (Å²) in [5.41, 5.74) is -2.92. The summed E-state index contributed by atoms with van der Waals surface area (Å²) >= 11 is 17.1. The van der Waals surface area contributed by atoms with Crippen LogP contribution in [0.4, 0.5) is 13.2 Å². The fraction of sp³-hybridized carbons (Fsp3) is 0.417. The molecule has 5 nitrogen and oxygen atoms in total. The summed E-state index contributed by atoms with van der Waals surface area (Å²) in [6, 6.07) is 4.55. The fourth-order valence-corrected chi connectivity index (χ4v) is 2.50. The van der Waals surface area contributed by atoms with Gasteiger partial charge < -0.3 is 0 Å². The second-order valence-corrected chi connectivity index (χ2v) is 7.20. The van der Waals surface area contributed by atoms with E-state index < -0.39 is 21.4 Å². The first-order valence-electron chi connectivity index (χ1n) is 6.34. The number of halogens is 6. The molecular weight excluding hydrogens is 416 g/mol. The lowest BCUT2D eigenvalue weighted by molar-refractivity contribution is -0.0435. The molecule has 0 saturated heterocycles. The van der Waals surface area contributed by atoms with Gasteiger partial charge in [-0.15, -0.1) is 16.0 Å². The molecule has 12 heteroatoms. The Morgan fingerprint density at radius 3 is 2.50 bits per heavy atom. The normalized spacial score (nSPS) is 13.2. The van der Waals surface area contributed by atoms with Crippen molar-refractivity contribution in [2.75, 3.05) is 5.88 Å². The first kappa shape index (κ1) is 21.3. The monoisotopic (exact) mass is 426 g/mol. The minimum absolute atomic E-state index is 0.107. The Balaban J connectivity index is 2.80. The van der Waals surface area contributed by atoms with Gasteiger partial charge in [0.25, 0.3) is 0 Å². The van der Waals surface area contributed by atoms with E-state index in [-0.39, 0.29) is 30.4 Å². The highest BCUT2D eigenvalue weighted by atomic mass is 35.5. The lowest BCUT2D eigenvalue weighted by Crippen LogP contribution is -2.29. The first-order chi connectivity index (χ1) is 11.1. The Morgan fingerprint density at radius 2 is 1.96 bits per heavy atom. The summed E-state index contributed by atoms with van der Waals surface area (Å²) in [6.45, 7) is -0.151. The van der Waals surface area contributed by atoms with Gasteiger partial charge >= 0.3 is 15.5 Å². The number of sulfonamides is 1. The summed E-state index contributed by atoms with van der Waals surface area (Å²) in [4.78, 5) is 4.97. The number of alkyl halides is 4. The summed E-state index contributed by atoms with van der Waals surface area (Å²) in [6.07, 6.45) is 0.0546. The Hall–Kier alpha value is -0.740. The highest BCUT2D eigenvalue weighted by Crippen LogP contribution is 2.25. The first-order valence-corrected chi connectivity index (χ1v) is 9.07. The van der Waals surface area contributed by atoms with Gasteiger partial charge in [0.1, 0.15) is 12.4 Å². The maximum atomic E-state index is 12.4. The van der Waals surface area contributed by atoms with Crippen molar-refractivity contribution in [1.29, 1.82) is 0 Å². The van der Waals surface area contributed by atoms with Crippen molar-refractivity contribution in [2.45, 2.75) is 25.0 Å². The van der Waals surface area contributed by atoms with Crippen molar-refractivity contribution < 1.29 is 26.4 Å². The van der Waals surface area contributed by atoms with Gasteiger partial charge in [0, 0.05) is 22.3 Å². The summed E-state index contributed by atoms with van der Waals surface area (Å²) in [5.74, 6) is -0.409. The van der Waals surface area contributed by atoms with E-state index >= 15 is 0 Å². The van der Waals surface area contributed by atoms with Gasteiger partial charge in [0.05, 0.1) is 0 Å². The second-order valence-electron chi connectivity index (χ2n) is 4.38. The Labute approximate surface area is 151 Å². The smallest absolute Gasteiger partial charge is 0.270 e. The number of amidine groups is 1. The molecule has 24 heavy (non-hydrogen) atoms. The minimum atomic E-state index is -5.68. The molecule has 0 amide bonds. The Bertz CT molecular complexity index is 697. The van der Waals surface area contributed by atoms with Gasteiger partial charge in [-0.1, -0.05) is 29.3 Å². The number of benzene rings is 1.